The lowest BCUT2D eigenvalue weighted by Crippen LogP contribution is -2.62. The molecule has 2 heterocycles. The molecule has 1 aliphatic carbocycles. The van der Waals surface area contributed by atoms with Crippen LogP contribution in [-0.4, -0.2) is 52.1 Å². The summed E-state index contributed by atoms with van der Waals surface area (Å²) >= 11 is 0. The summed E-state index contributed by atoms with van der Waals surface area (Å²) in [6.45, 7) is 5.67. The molecule has 1 aromatic carbocycles. The third kappa shape index (κ3) is 3.01. The molecule has 5 nitrogen and oxygen atoms in total. The molecule has 1 aromatic heterocycles. The fraction of sp³-hybridized carbons (Fsp3) is 0.550. The maximum absolute atomic E-state index is 10.3. The average molecular weight is 341 g/mol. The first-order chi connectivity index (χ1) is 12.2. The molecule has 2 fully saturated rings. The van der Waals surface area contributed by atoms with E-state index in [0.717, 1.165) is 51.2 Å². The predicted molar refractivity (Wildman–Crippen MR) is 97.0 cm³/mol. The zero-order valence-electron chi connectivity index (χ0n) is 14.8. The van der Waals surface area contributed by atoms with E-state index in [-0.39, 0.29) is 17.6 Å². The van der Waals surface area contributed by atoms with Gasteiger partial charge in [0.25, 0.3) is 0 Å². The highest BCUT2D eigenvalue weighted by atomic mass is 16.5. The molecule has 25 heavy (non-hydrogen) atoms. The third-order valence-corrected chi connectivity index (χ3v) is 6.07. The van der Waals surface area contributed by atoms with Gasteiger partial charge in [-0.2, -0.15) is 5.10 Å². The Kier molecular flexibility index (Phi) is 4.63. The predicted octanol–water partition coefficient (Wildman–Crippen LogP) is 2.83. The smallest absolute Gasteiger partial charge is 0.0695 e. The molecule has 1 saturated heterocycles. The van der Waals surface area contributed by atoms with Gasteiger partial charge in [-0.05, 0) is 38.4 Å². The lowest BCUT2D eigenvalue weighted by molar-refractivity contribution is -0.209. The van der Waals surface area contributed by atoms with Crippen molar-refractivity contribution < 1.29 is 9.84 Å². The number of aromatic nitrogens is 2. The maximum atomic E-state index is 10.3. The average Bonchev–Trinajstić information content (AvgIpc) is 3.11. The zero-order valence-corrected chi connectivity index (χ0v) is 14.8. The van der Waals surface area contributed by atoms with Gasteiger partial charge in [0.05, 0.1) is 24.1 Å². The van der Waals surface area contributed by atoms with Crippen molar-refractivity contribution in [1.29, 1.82) is 0 Å². The maximum Gasteiger partial charge on any atom is 0.0695 e. The first-order valence-electron chi connectivity index (χ1n) is 9.32. The molecule has 2 aromatic rings. The van der Waals surface area contributed by atoms with Crippen molar-refractivity contribution in [3.63, 3.8) is 0 Å². The molecular formula is C20H27N3O2. The molecule has 5 heteroatoms. The quantitative estimate of drug-likeness (QED) is 0.878. The normalized spacial score (nSPS) is 25.8. The van der Waals surface area contributed by atoms with Gasteiger partial charge in [-0.3, -0.25) is 10.00 Å². The number of piperidine rings is 1. The van der Waals surface area contributed by atoms with Gasteiger partial charge in [-0.15, -0.1) is 0 Å². The van der Waals surface area contributed by atoms with Crippen molar-refractivity contribution in [2.75, 3.05) is 19.7 Å². The number of nitrogens with zero attached hydrogens (tertiary/aromatic N) is 2. The zero-order chi connectivity index (χ0) is 17.3. The topological polar surface area (TPSA) is 61.4 Å². The van der Waals surface area contributed by atoms with Crippen LogP contribution in [0.1, 0.15) is 31.7 Å². The Morgan fingerprint density at radius 3 is 2.72 bits per heavy atom. The third-order valence-electron chi connectivity index (χ3n) is 6.07. The number of H-pyrrole nitrogens is 1. The summed E-state index contributed by atoms with van der Waals surface area (Å²) in [6, 6.07) is 10.4. The van der Waals surface area contributed by atoms with Crippen LogP contribution >= 0.6 is 0 Å². The minimum absolute atomic E-state index is 0.00876. The molecule has 0 radical (unpaired) electrons. The van der Waals surface area contributed by atoms with E-state index < -0.39 is 0 Å². The van der Waals surface area contributed by atoms with Crippen LogP contribution in [0.5, 0.6) is 0 Å². The molecule has 4 rings (SSSR count). The molecule has 2 atom stereocenters. The molecule has 1 saturated carbocycles. The van der Waals surface area contributed by atoms with Gasteiger partial charge in [0.15, 0.2) is 0 Å². The van der Waals surface area contributed by atoms with Gasteiger partial charge in [0.1, 0.15) is 0 Å². The van der Waals surface area contributed by atoms with Crippen molar-refractivity contribution >= 4 is 0 Å². The highest BCUT2D eigenvalue weighted by Gasteiger charge is 2.55. The highest BCUT2D eigenvalue weighted by molar-refractivity contribution is 5.62. The number of rotatable bonds is 5. The summed E-state index contributed by atoms with van der Waals surface area (Å²) in [7, 11) is 0. The minimum Gasteiger partial charge on any atom is -0.392 e. The van der Waals surface area contributed by atoms with Crippen LogP contribution in [0.2, 0.25) is 0 Å². The standard InChI is InChI=1S/C20H27N3O2/c1-2-25-18-12-17(24)20(18)8-10-23(11-9-20)14-16-13-21-22-19(16)15-6-4-3-5-7-15/h3-7,13,17-18,24H,2,8-12,14H2,1H3,(H,21,22). The summed E-state index contributed by atoms with van der Waals surface area (Å²) in [5, 5.41) is 17.7. The van der Waals surface area contributed by atoms with E-state index in [1.54, 1.807) is 0 Å². The molecule has 1 aliphatic heterocycles. The van der Waals surface area contributed by atoms with Gasteiger partial charge >= 0.3 is 0 Å². The molecule has 2 aliphatic rings. The molecule has 2 N–H and O–H groups in total. The van der Waals surface area contributed by atoms with E-state index in [9.17, 15) is 5.11 Å². The number of nitrogens with one attached hydrogen (secondary N) is 1. The van der Waals surface area contributed by atoms with E-state index in [0.29, 0.717) is 0 Å². The lowest BCUT2D eigenvalue weighted by atomic mass is 9.58. The van der Waals surface area contributed by atoms with Gasteiger partial charge in [-0.25, -0.2) is 0 Å². The number of ether oxygens (including phenoxy) is 1. The molecule has 0 bridgehead atoms. The fourth-order valence-corrected chi connectivity index (χ4v) is 4.47. The van der Waals surface area contributed by atoms with Gasteiger partial charge < -0.3 is 9.84 Å². The lowest BCUT2D eigenvalue weighted by Gasteiger charge is -2.56. The molecular weight excluding hydrogens is 314 g/mol. The summed E-state index contributed by atoms with van der Waals surface area (Å²) in [5.41, 5.74) is 3.51. The Morgan fingerprint density at radius 1 is 1.28 bits per heavy atom. The van der Waals surface area contributed by atoms with Crippen LogP contribution in [-0.2, 0) is 11.3 Å². The summed E-state index contributed by atoms with van der Waals surface area (Å²) in [6.07, 6.45) is 4.81. The number of likely N-dealkylation sites (tertiary alicyclic amines) is 1. The van der Waals surface area contributed by atoms with Crippen molar-refractivity contribution in [3.05, 3.63) is 42.1 Å². The largest absolute Gasteiger partial charge is 0.392 e. The van der Waals surface area contributed by atoms with Crippen LogP contribution in [0.25, 0.3) is 11.3 Å². The Balaban J connectivity index is 1.41. The van der Waals surface area contributed by atoms with Gasteiger partial charge in [0.2, 0.25) is 0 Å². The van der Waals surface area contributed by atoms with Crippen LogP contribution in [0.3, 0.4) is 0 Å². The number of hydrogen-bond acceptors (Lipinski definition) is 4. The number of hydrogen-bond donors (Lipinski definition) is 2. The minimum atomic E-state index is -0.194. The van der Waals surface area contributed by atoms with Crippen LogP contribution in [0, 0.1) is 5.41 Å². The van der Waals surface area contributed by atoms with Gasteiger partial charge in [-0.1, -0.05) is 30.3 Å². The van der Waals surface area contributed by atoms with E-state index in [4.69, 9.17) is 4.74 Å². The van der Waals surface area contributed by atoms with Crippen LogP contribution < -0.4 is 0 Å². The highest BCUT2D eigenvalue weighted by Crippen LogP contribution is 2.51. The van der Waals surface area contributed by atoms with E-state index in [1.807, 2.05) is 19.2 Å². The summed E-state index contributed by atoms with van der Waals surface area (Å²) in [5.74, 6) is 0. The van der Waals surface area contributed by atoms with E-state index in [1.165, 1.54) is 11.1 Å². The number of aromatic amines is 1. The number of aliphatic hydroxyl groups excluding tert-OH is 1. The Hall–Kier alpha value is -1.69. The SMILES string of the molecule is CCOC1CC(O)C12CCN(Cc1cn[nH]c1-c1ccccc1)CC2. The second kappa shape index (κ2) is 6.90. The number of benzene rings is 1. The molecule has 1 spiro atoms. The Bertz CT molecular complexity index is 690. The fourth-order valence-electron chi connectivity index (χ4n) is 4.47. The van der Waals surface area contributed by atoms with Crippen molar-refractivity contribution in [3.8, 4) is 11.3 Å². The van der Waals surface area contributed by atoms with Crippen molar-refractivity contribution in [2.24, 2.45) is 5.41 Å². The summed E-state index contributed by atoms with van der Waals surface area (Å²) < 4.78 is 5.87. The summed E-state index contributed by atoms with van der Waals surface area (Å²) in [4.78, 5) is 2.47. The van der Waals surface area contributed by atoms with E-state index >= 15 is 0 Å². The Labute approximate surface area is 149 Å². The molecule has 134 valence electrons. The van der Waals surface area contributed by atoms with Crippen molar-refractivity contribution in [2.45, 2.75) is 44.9 Å². The second-order valence-corrected chi connectivity index (χ2v) is 7.34. The number of aliphatic hydroxyl groups is 1. The molecule has 0 amide bonds. The molecule has 2 unspecified atom stereocenters. The van der Waals surface area contributed by atoms with Crippen molar-refractivity contribution in [1.82, 2.24) is 15.1 Å². The first kappa shape index (κ1) is 16.8. The van der Waals surface area contributed by atoms with E-state index in [2.05, 4.69) is 39.4 Å². The van der Waals surface area contributed by atoms with Gasteiger partial charge in [0, 0.05) is 30.6 Å². The monoisotopic (exact) mass is 341 g/mol. The van der Waals surface area contributed by atoms with Crippen LogP contribution in [0.4, 0.5) is 0 Å². The Morgan fingerprint density at radius 2 is 2.04 bits per heavy atom. The second-order valence-electron chi connectivity index (χ2n) is 7.34. The van der Waals surface area contributed by atoms with Crippen LogP contribution in [0.15, 0.2) is 36.5 Å². The first-order valence-corrected chi connectivity index (χ1v) is 9.32.